The summed E-state index contributed by atoms with van der Waals surface area (Å²) in [7, 11) is 2.05. The number of carbonyl (C=O) groups excluding carboxylic acids is 1. The Kier molecular flexibility index (Phi) is 9.59. The van der Waals surface area contributed by atoms with Crippen molar-refractivity contribution in [3.8, 4) is 0 Å². The monoisotopic (exact) mass is 261 g/mol. The van der Waals surface area contributed by atoms with E-state index in [0.29, 0.717) is 19.0 Å². The fourth-order valence-corrected chi connectivity index (χ4v) is 2.38. The molecule has 3 N–H and O–H groups in total. The molecule has 1 amide bonds. The van der Waals surface area contributed by atoms with E-state index in [1.54, 1.807) is 0 Å². The molecule has 0 aromatic carbocycles. The van der Waals surface area contributed by atoms with Gasteiger partial charge in [0.25, 0.3) is 0 Å². The first-order valence-electron chi connectivity index (χ1n) is 6.24. The summed E-state index contributed by atoms with van der Waals surface area (Å²) >= 11 is 1.82. The fraction of sp³-hybridized carbons (Fsp3) is 0.917. The lowest BCUT2D eigenvalue weighted by atomic mass is 10.1. The molecule has 0 aliphatic rings. The zero-order valence-electron chi connectivity index (χ0n) is 11.5. The average Bonchev–Trinajstić information content (AvgIpc) is 2.32. The highest BCUT2D eigenvalue weighted by Crippen LogP contribution is 2.09. The van der Waals surface area contributed by atoms with Gasteiger partial charge in [0.2, 0.25) is 5.91 Å². The molecular formula is C12H27N3OS. The van der Waals surface area contributed by atoms with Crippen LogP contribution in [0.5, 0.6) is 0 Å². The Morgan fingerprint density at radius 3 is 2.65 bits per heavy atom. The van der Waals surface area contributed by atoms with Gasteiger partial charge in [0.15, 0.2) is 0 Å². The van der Waals surface area contributed by atoms with E-state index in [0.717, 1.165) is 18.7 Å². The molecule has 0 heterocycles. The number of nitrogens with two attached hydrogens (primary N) is 1. The number of nitrogens with zero attached hydrogens (tertiary/aromatic N) is 1. The number of rotatable bonds is 9. The zero-order chi connectivity index (χ0) is 13.3. The summed E-state index contributed by atoms with van der Waals surface area (Å²) in [6.07, 6.45) is 3.55. The molecular weight excluding hydrogens is 234 g/mol. The Labute approximate surface area is 110 Å². The first-order valence-corrected chi connectivity index (χ1v) is 7.63. The third-order valence-electron chi connectivity index (χ3n) is 2.94. The molecule has 0 radical (unpaired) electrons. The minimum Gasteiger partial charge on any atom is -0.356 e. The molecule has 17 heavy (non-hydrogen) atoms. The smallest absolute Gasteiger partial charge is 0.221 e. The van der Waals surface area contributed by atoms with Crippen LogP contribution in [-0.4, -0.2) is 55.0 Å². The lowest BCUT2D eigenvalue weighted by Crippen LogP contribution is -2.46. The highest BCUT2D eigenvalue weighted by Gasteiger charge is 2.20. The summed E-state index contributed by atoms with van der Waals surface area (Å²) in [6.45, 7) is 5.49. The molecule has 5 heteroatoms. The van der Waals surface area contributed by atoms with Crippen LogP contribution in [0, 0.1) is 0 Å². The van der Waals surface area contributed by atoms with Gasteiger partial charge in [-0.05, 0) is 26.6 Å². The zero-order valence-corrected chi connectivity index (χ0v) is 12.3. The van der Waals surface area contributed by atoms with E-state index in [2.05, 4.69) is 23.4 Å². The Hall–Kier alpha value is -0.260. The maximum Gasteiger partial charge on any atom is 0.221 e. The van der Waals surface area contributed by atoms with Crippen molar-refractivity contribution in [3.05, 3.63) is 0 Å². The minimum absolute atomic E-state index is 0.102. The van der Waals surface area contributed by atoms with Crippen LogP contribution in [0.4, 0.5) is 0 Å². The molecule has 0 aromatic heterocycles. The standard InChI is InChI=1S/C12H27N3OS/c1-5-6-14-12(16)7-11(8-13)15(3)10(2)9-17-4/h10-11H,5-9,13H2,1-4H3,(H,14,16). The number of hydrogen-bond donors (Lipinski definition) is 2. The van der Waals surface area contributed by atoms with E-state index < -0.39 is 0 Å². The molecule has 0 saturated heterocycles. The van der Waals surface area contributed by atoms with Gasteiger partial charge in [-0.25, -0.2) is 0 Å². The predicted octanol–water partition coefficient (Wildman–Crippen LogP) is 0.913. The second kappa shape index (κ2) is 9.74. The predicted molar refractivity (Wildman–Crippen MR) is 76.4 cm³/mol. The third kappa shape index (κ3) is 6.91. The molecule has 2 unspecified atom stereocenters. The van der Waals surface area contributed by atoms with Gasteiger partial charge in [0, 0.05) is 37.3 Å². The first-order chi connectivity index (χ1) is 8.06. The van der Waals surface area contributed by atoms with Crippen LogP contribution in [-0.2, 0) is 4.79 Å². The van der Waals surface area contributed by atoms with Gasteiger partial charge in [0.05, 0.1) is 0 Å². The van der Waals surface area contributed by atoms with Crippen LogP contribution in [0.15, 0.2) is 0 Å². The summed E-state index contributed by atoms with van der Waals surface area (Å²) in [6, 6.07) is 0.575. The summed E-state index contributed by atoms with van der Waals surface area (Å²) in [5, 5.41) is 2.90. The Bertz CT molecular complexity index is 214. The largest absolute Gasteiger partial charge is 0.356 e. The molecule has 0 aromatic rings. The molecule has 102 valence electrons. The van der Waals surface area contributed by atoms with E-state index in [4.69, 9.17) is 5.73 Å². The molecule has 4 nitrogen and oxygen atoms in total. The molecule has 0 spiro atoms. The van der Waals surface area contributed by atoms with Crippen molar-refractivity contribution in [1.29, 1.82) is 0 Å². The second-order valence-electron chi connectivity index (χ2n) is 4.41. The number of likely N-dealkylation sites (N-methyl/N-ethyl adjacent to an activating group) is 1. The van der Waals surface area contributed by atoms with E-state index in [1.165, 1.54) is 0 Å². The summed E-state index contributed by atoms with van der Waals surface area (Å²) in [5.74, 6) is 1.16. The fourth-order valence-electron chi connectivity index (χ4n) is 1.66. The van der Waals surface area contributed by atoms with Crippen molar-refractivity contribution in [2.75, 3.05) is 32.1 Å². The molecule has 0 bridgehead atoms. The summed E-state index contributed by atoms with van der Waals surface area (Å²) in [4.78, 5) is 13.9. The minimum atomic E-state index is 0.102. The topological polar surface area (TPSA) is 58.4 Å². The van der Waals surface area contributed by atoms with Crippen LogP contribution in [0.3, 0.4) is 0 Å². The third-order valence-corrected chi connectivity index (χ3v) is 3.76. The Balaban J connectivity index is 4.16. The molecule has 0 aliphatic heterocycles. The maximum atomic E-state index is 11.7. The summed E-state index contributed by atoms with van der Waals surface area (Å²) < 4.78 is 0. The second-order valence-corrected chi connectivity index (χ2v) is 5.32. The Morgan fingerprint density at radius 2 is 2.18 bits per heavy atom. The number of thioether (sulfide) groups is 1. The van der Waals surface area contributed by atoms with Crippen molar-refractivity contribution in [2.24, 2.45) is 5.73 Å². The highest BCUT2D eigenvalue weighted by atomic mass is 32.2. The SMILES string of the molecule is CCCNC(=O)CC(CN)N(C)C(C)CSC. The molecule has 0 fully saturated rings. The molecule has 2 atom stereocenters. The van der Waals surface area contributed by atoms with Crippen molar-refractivity contribution in [2.45, 2.75) is 38.8 Å². The molecule has 0 saturated carbocycles. The van der Waals surface area contributed by atoms with Gasteiger partial charge in [-0.1, -0.05) is 6.92 Å². The highest BCUT2D eigenvalue weighted by molar-refractivity contribution is 7.98. The van der Waals surface area contributed by atoms with Gasteiger partial charge in [-0.2, -0.15) is 11.8 Å². The van der Waals surface area contributed by atoms with Crippen molar-refractivity contribution in [3.63, 3.8) is 0 Å². The van der Waals surface area contributed by atoms with E-state index >= 15 is 0 Å². The maximum absolute atomic E-state index is 11.7. The summed E-state index contributed by atoms with van der Waals surface area (Å²) in [5.41, 5.74) is 5.76. The van der Waals surface area contributed by atoms with Crippen LogP contribution < -0.4 is 11.1 Å². The number of carbonyl (C=O) groups is 1. The van der Waals surface area contributed by atoms with Gasteiger partial charge >= 0.3 is 0 Å². The number of hydrogen-bond acceptors (Lipinski definition) is 4. The van der Waals surface area contributed by atoms with Crippen molar-refractivity contribution < 1.29 is 4.79 Å². The van der Waals surface area contributed by atoms with Gasteiger partial charge in [-0.3, -0.25) is 9.69 Å². The average molecular weight is 261 g/mol. The number of nitrogens with one attached hydrogen (secondary N) is 1. The van der Waals surface area contributed by atoms with Crippen molar-refractivity contribution in [1.82, 2.24) is 10.2 Å². The lowest BCUT2D eigenvalue weighted by molar-refractivity contribution is -0.122. The first kappa shape index (κ1) is 16.7. The van der Waals surface area contributed by atoms with Gasteiger partial charge in [-0.15, -0.1) is 0 Å². The van der Waals surface area contributed by atoms with E-state index in [1.807, 2.05) is 25.7 Å². The Morgan fingerprint density at radius 1 is 1.53 bits per heavy atom. The van der Waals surface area contributed by atoms with Crippen molar-refractivity contribution >= 4 is 17.7 Å². The molecule has 0 aliphatic carbocycles. The van der Waals surface area contributed by atoms with E-state index in [-0.39, 0.29) is 11.9 Å². The molecule has 0 rings (SSSR count). The van der Waals surface area contributed by atoms with Gasteiger partial charge < -0.3 is 11.1 Å². The lowest BCUT2D eigenvalue weighted by Gasteiger charge is -2.31. The van der Waals surface area contributed by atoms with Crippen LogP contribution >= 0.6 is 11.8 Å². The quantitative estimate of drug-likeness (QED) is 0.648. The van der Waals surface area contributed by atoms with E-state index in [9.17, 15) is 4.79 Å². The van der Waals surface area contributed by atoms with Crippen LogP contribution in [0.1, 0.15) is 26.7 Å². The van der Waals surface area contributed by atoms with Gasteiger partial charge in [0.1, 0.15) is 0 Å². The normalized spacial score (nSPS) is 14.7. The van der Waals surface area contributed by atoms with Crippen LogP contribution in [0.25, 0.3) is 0 Å². The van der Waals surface area contributed by atoms with Crippen LogP contribution in [0.2, 0.25) is 0 Å². The number of amides is 1.